The van der Waals surface area contributed by atoms with Crippen molar-refractivity contribution in [2.24, 2.45) is 11.8 Å². The summed E-state index contributed by atoms with van der Waals surface area (Å²) in [6.07, 6.45) is 9.28. The van der Waals surface area contributed by atoms with E-state index in [9.17, 15) is 19.7 Å². The summed E-state index contributed by atoms with van der Waals surface area (Å²) in [5.74, 6) is -0.222. The van der Waals surface area contributed by atoms with Crippen LogP contribution in [0.25, 0.3) is 0 Å². The number of aliphatic carboxylic acids is 1. The molecule has 1 aromatic rings. The Bertz CT molecular complexity index is 810. The highest BCUT2D eigenvalue weighted by atomic mass is 16.6. The summed E-state index contributed by atoms with van der Waals surface area (Å²) >= 11 is 0. The lowest BCUT2D eigenvalue weighted by atomic mass is 9.77. The van der Waals surface area contributed by atoms with Crippen LogP contribution in [0, 0.1) is 22.0 Å². The van der Waals surface area contributed by atoms with Gasteiger partial charge in [0.2, 0.25) is 5.91 Å². The van der Waals surface area contributed by atoms with Gasteiger partial charge in [0.1, 0.15) is 0 Å². The van der Waals surface area contributed by atoms with E-state index in [4.69, 9.17) is 9.84 Å². The van der Waals surface area contributed by atoms with E-state index >= 15 is 0 Å². The summed E-state index contributed by atoms with van der Waals surface area (Å²) in [7, 11) is 0. The highest BCUT2D eigenvalue weighted by Gasteiger charge is 2.47. The highest BCUT2D eigenvalue weighted by molar-refractivity contribution is 5.92. The molecule has 2 aliphatic rings. The number of nitrogens with one attached hydrogen (secondary N) is 2. The third-order valence-electron chi connectivity index (χ3n) is 5.95. The number of ether oxygens (including phenoxy) is 1. The summed E-state index contributed by atoms with van der Waals surface area (Å²) in [5.41, 5.74) is 0.501. The number of nitrogens with zero attached hydrogens (tertiary/aromatic N) is 1. The van der Waals surface area contributed by atoms with Crippen LogP contribution in [-0.4, -0.2) is 47.2 Å². The van der Waals surface area contributed by atoms with Crippen LogP contribution in [0.1, 0.15) is 38.5 Å². The third-order valence-corrected chi connectivity index (χ3v) is 5.95. The number of hydrogen-bond acceptors (Lipinski definition) is 6. The maximum atomic E-state index is 12.2. The van der Waals surface area contributed by atoms with Gasteiger partial charge < -0.3 is 20.5 Å². The maximum Gasteiger partial charge on any atom is 0.303 e. The second-order valence-electron chi connectivity index (χ2n) is 8.09. The van der Waals surface area contributed by atoms with Crippen LogP contribution >= 0.6 is 0 Å². The number of hydrogen-bond donors (Lipinski definition) is 3. The molecule has 9 heteroatoms. The predicted molar refractivity (Wildman–Crippen MR) is 115 cm³/mol. The number of nitro groups is 1. The number of rotatable bonds is 12. The van der Waals surface area contributed by atoms with Crippen molar-refractivity contribution in [2.45, 2.75) is 50.7 Å². The number of non-ortho nitro benzene ring substituents is 1. The zero-order valence-corrected chi connectivity index (χ0v) is 17.4. The molecule has 2 aliphatic heterocycles. The second-order valence-corrected chi connectivity index (χ2v) is 8.09. The first-order valence-corrected chi connectivity index (χ1v) is 10.7. The molecule has 4 atom stereocenters. The molecule has 0 unspecified atom stereocenters. The van der Waals surface area contributed by atoms with Crippen molar-refractivity contribution >= 4 is 23.3 Å². The molecule has 0 aliphatic carbocycles. The fraction of sp³-hybridized carbons (Fsp3) is 0.545. The van der Waals surface area contributed by atoms with Crippen LogP contribution in [0.2, 0.25) is 0 Å². The summed E-state index contributed by atoms with van der Waals surface area (Å²) in [4.78, 5) is 32.9. The van der Waals surface area contributed by atoms with E-state index in [2.05, 4.69) is 22.8 Å². The van der Waals surface area contributed by atoms with E-state index in [1.165, 1.54) is 24.3 Å². The van der Waals surface area contributed by atoms with Crippen molar-refractivity contribution < 1.29 is 24.4 Å². The molecule has 2 heterocycles. The molecule has 1 aromatic carbocycles. The molecule has 31 heavy (non-hydrogen) atoms. The Morgan fingerprint density at radius 3 is 2.55 bits per heavy atom. The lowest BCUT2D eigenvalue weighted by Crippen LogP contribution is -2.38. The number of carboxylic acid groups (broad SMARTS) is 1. The predicted octanol–water partition coefficient (Wildman–Crippen LogP) is 3.12. The van der Waals surface area contributed by atoms with Gasteiger partial charge in [0.15, 0.2) is 0 Å². The molecule has 3 rings (SSSR count). The molecule has 1 amide bonds. The van der Waals surface area contributed by atoms with E-state index in [1.807, 2.05) is 0 Å². The second kappa shape index (κ2) is 11.0. The molecule has 0 aromatic heterocycles. The number of unbranched alkanes of at least 4 members (excludes halogenated alkanes) is 1. The monoisotopic (exact) mass is 431 g/mol. The van der Waals surface area contributed by atoms with Gasteiger partial charge in [-0.2, -0.15) is 0 Å². The molecular formula is C22H29N3O6. The number of anilines is 1. The normalized spacial score (nSPS) is 24.5. The van der Waals surface area contributed by atoms with E-state index in [-0.39, 0.29) is 36.8 Å². The number of allylic oxidation sites excluding steroid dienone is 2. The first-order chi connectivity index (χ1) is 14.9. The van der Waals surface area contributed by atoms with Gasteiger partial charge in [-0.1, -0.05) is 12.2 Å². The minimum absolute atomic E-state index is 0.0191. The topological polar surface area (TPSA) is 131 Å². The molecule has 168 valence electrons. The summed E-state index contributed by atoms with van der Waals surface area (Å²) in [6, 6.07) is 5.74. The summed E-state index contributed by atoms with van der Waals surface area (Å²) in [6.45, 7) is 0.842. The Morgan fingerprint density at radius 1 is 1.16 bits per heavy atom. The first-order valence-electron chi connectivity index (χ1n) is 10.7. The first kappa shape index (κ1) is 22.9. The van der Waals surface area contributed by atoms with Crippen LogP contribution in [-0.2, 0) is 14.3 Å². The SMILES string of the molecule is O=C(O)CCC/C=C\C[C@@H]1[C@H](CNCC(=O)Nc2ccc([N+](=O)[O-])cc2)[C@@H]2CC[C@H]1O2. The maximum absolute atomic E-state index is 12.2. The largest absolute Gasteiger partial charge is 0.481 e. The minimum Gasteiger partial charge on any atom is -0.481 e. The molecule has 2 fully saturated rings. The number of amides is 1. The number of fused-ring (bicyclic) bond motifs is 2. The summed E-state index contributed by atoms with van der Waals surface area (Å²) in [5, 5.41) is 25.3. The van der Waals surface area contributed by atoms with Gasteiger partial charge >= 0.3 is 5.97 Å². The Hall–Kier alpha value is -2.78. The van der Waals surface area contributed by atoms with Gasteiger partial charge in [-0.3, -0.25) is 19.7 Å². The Labute approximate surface area is 181 Å². The molecular weight excluding hydrogens is 402 g/mol. The highest BCUT2D eigenvalue weighted by Crippen LogP contribution is 2.44. The fourth-order valence-electron chi connectivity index (χ4n) is 4.45. The number of carbonyl (C=O) groups excluding carboxylic acids is 1. The van der Waals surface area contributed by atoms with Crippen molar-refractivity contribution in [3.8, 4) is 0 Å². The van der Waals surface area contributed by atoms with Crippen LogP contribution in [0.3, 0.4) is 0 Å². The minimum atomic E-state index is -0.765. The van der Waals surface area contributed by atoms with Gasteiger partial charge in [-0.15, -0.1) is 0 Å². The Kier molecular flexibility index (Phi) is 8.13. The molecule has 0 spiro atoms. The zero-order valence-electron chi connectivity index (χ0n) is 17.4. The van der Waals surface area contributed by atoms with Gasteiger partial charge in [-0.05, 0) is 50.2 Å². The summed E-state index contributed by atoms with van der Waals surface area (Å²) < 4.78 is 6.08. The van der Waals surface area contributed by atoms with E-state index < -0.39 is 10.9 Å². The van der Waals surface area contributed by atoms with Crippen molar-refractivity contribution in [3.05, 3.63) is 46.5 Å². The third kappa shape index (κ3) is 6.60. The zero-order chi connectivity index (χ0) is 22.2. The van der Waals surface area contributed by atoms with E-state index in [0.29, 0.717) is 30.5 Å². The van der Waals surface area contributed by atoms with E-state index in [1.54, 1.807) is 0 Å². The number of carboxylic acids is 1. The number of carbonyl (C=O) groups is 2. The van der Waals surface area contributed by atoms with Crippen molar-refractivity contribution in [1.82, 2.24) is 5.32 Å². The smallest absolute Gasteiger partial charge is 0.303 e. The van der Waals surface area contributed by atoms with Crippen LogP contribution in [0.5, 0.6) is 0 Å². The van der Waals surface area contributed by atoms with Crippen molar-refractivity contribution in [3.63, 3.8) is 0 Å². The van der Waals surface area contributed by atoms with Crippen molar-refractivity contribution in [2.75, 3.05) is 18.4 Å². The van der Waals surface area contributed by atoms with Gasteiger partial charge in [0.05, 0.1) is 23.7 Å². The van der Waals surface area contributed by atoms with Crippen LogP contribution in [0.15, 0.2) is 36.4 Å². The van der Waals surface area contributed by atoms with Gasteiger partial charge in [-0.25, -0.2) is 0 Å². The molecule has 2 saturated heterocycles. The lowest BCUT2D eigenvalue weighted by molar-refractivity contribution is -0.384. The molecule has 9 nitrogen and oxygen atoms in total. The molecule has 2 bridgehead atoms. The van der Waals surface area contributed by atoms with Gasteiger partial charge in [0.25, 0.3) is 5.69 Å². The number of benzene rings is 1. The standard InChI is InChI=1S/C22H29N3O6/c26-21(24-15-7-9-16(10-8-15)25(29)30)14-23-13-18-17(19-11-12-20(18)31-19)5-3-1-2-4-6-22(27)28/h1,3,7-10,17-20,23H,2,4-6,11-14H2,(H,24,26)(H,27,28)/b3-1-/t17-,18+,19-,20+/m1/s1. The lowest BCUT2D eigenvalue weighted by Gasteiger charge is -2.27. The molecule has 0 saturated carbocycles. The Balaban J connectivity index is 1.40. The fourth-order valence-corrected chi connectivity index (χ4v) is 4.45. The average molecular weight is 431 g/mol. The number of nitro benzene ring substituents is 1. The van der Waals surface area contributed by atoms with Crippen molar-refractivity contribution in [1.29, 1.82) is 0 Å². The Morgan fingerprint density at radius 2 is 1.87 bits per heavy atom. The average Bonchev–Trinajstić information content (AvgIpc) is 3.33. The van der Waals surface area contributed by atoms with Crippen LogP contribution < -0.4 is 10.6 Å². The van der Waals surface area contributed by atoms with E-state index in [0.717, 1.165) is 25.7 Å². The van der Waals surface area contributed by atoms with Crippen LogP contribution in [0.4, 0.5) is 11.4 Å². The quantitative estimate of drug-likeness (QED) is 0.201. The van der Waals surface area contributed by atoms with Gasteiger partial charge in [0, 0.05) is 36.7 Å². The molecule has 0 radical (unpaired) electrons. The molecule has 3 N–H and O–H groups in total.